The molecule has 0 aliphatic rings. The second-order valence-electron chi connectivity index (χ2n) is 10.6. The van der Waals surface area contributed by atoms with E-state index < -0.39 is 34.3 Å². The molecule has 53 heavy (non-hydrogen) atoms. The number of sulfonamides is 1. The van der Waals surface area contributed by atoms with Gasteiger partial charge in [-0.25, -0.2) is 28.0 Å². The molecule has 0 unspecified atom stereocenters. The lowest BCUT2D eigenvalue weighted by Crippen LogP contribution is -2.37. The highest BCUT2D eigenvalue weighted by Gasteiger charge is 2.39. The van der Waals surface area contributed by atoms with Crippen LogP contribution >= 0.6 is 0 Å². The standard InChI is InChI=1S/C29H29N5O4S.2C2HF3O2/c1-20-8-10-21(11-9-20)39(35,36)34(16-18-37-26-6-2-4-24-22(26)12-14-28(30)32-24)17-19-38-27-7-3-5-25-23(27)13-15-29(31)33-25;2*3-2(4,5)1(6)7/h2-15H,16-19H2,1H3,(H2,30,32)(H2,31,33);2*(H,6,7). The molecule has 0 fully saturated rings. The molecular weight excluding hydrogens is 740 g/mol. The summed E-state index contributed by atoms with van der Waals surface area (Å²) in [5.74, 6) is -3.47. The number of nitrogens with zero attached hydrogens (tertiary/aromatic N) is 3. The van der Waals surface area contributed by atoms with Crippen LogP contribution in [-0.2, 0) is 19.6 Å². The van der Waals surface area contributed by atoms with Gasteiger partial charge in [-0.3, -0.25) is 0 Å². The van der Waals surface area contributed by atoms with Gasteiger partial charge in [0.05, 0.1) is 15.9 Å². The van der Waals surface area contributed by atoms with Gasteiger partial charge >= 0.3 is 24.3 Å². The molecule has 0 saturated heterocycles. The smallest absolute Gasteiger partial charge is 0.490 e. The van der Waals surface area contributed by atoms with Crippen LogP contribution in [0.5, 0.6) is 11.5 Å². The first kappa shape index (κ1) is 41.5. The summed E-state index contributed by atoms with van der Waals surface area (Å²) >= 11 is 0. The monoisotopic (exact) mass is 771 g/mol. The molecule has 0 bridgehead atoms. The van der Waals surface area contributed by atoms with E-state index in [0.717, 1.165) is 16.3 Å². The molecule has 5 rings (SSSR count). The molecule has 2 heterocycles. The molecule has 0 saturated carbocycles. The van der Waals surface area contributed by atoms with E-state index in [1.165, 1.54) is 4.31 Å². The molecule has 6 N–H and O–H groups in total. The average Bonchev–Trinajstić information content (AvgIpc) is 3.07. The van der Waals surface area contributed by atoms with Crippen molar-refractivity contribution in [3.63, 3.8) is 0 Å². The Morgan fingerprint density at radius 3 is 1.42 bits per heavy atom. The molecule has 0 aliphatic heterocycles. The number of benzene rings is 3. The maximum absolute atomic E-state index is 13.6. The molecule has 284 valence electrons. The molecule has 5 aromatic rings. The maximum Gasteiger partial charge on any atom is 0.490 e. The number of rotatable bonds is 10. The number of pyridine rings is 2. The van der Waals surface area contributed by atoms with Gasteiger partial charge in [0, 0.05) is 23.9 Å². The molecule has 2 aromatic heterocycles. The number of anilines is 2. The number of hydrogen-bond acceptors (Lipinski definition) is 10. The number of aromatic nitrogens is 2. The second kappa shape index (κ2) is 17.6. The predicted molar refractivity (Wildman–Crippen MR) is 181 cm³/mol. The fourth-order valence-electron chi connectivity index (χ4n) is 4.26. The molecule has 0 atom stereocenters. The van der Waals surface area contributed by atoms with E-state index in [4.69, 9.17) is 40.7 Å². The Balaban J connectivity index is 0.000000458. The second-order valence-corrected chi connectivity index (χ2v) is 12.6. The number of carboxylic acid groups (broad SMARTS) is 2. The van der Waals surface area contributed by atoms with Crippen molar-refractivity contribution in [3.05, 3.63) is 90.5 Å². The summed E-state index contributed by atoms with van der Waals surface area (Å²) in [7, 11) is -3.81. The minimum atomic E-state index is -5.08. The lowest BCUT2D eigenvalue weighted by atomic mass is 10.2. The van der Waals surface area contributed by atoms with E-state index >= 15 is 0 Å². The first-order valence-corrected chi connectivity index (χ1v) is 16.4. The van der Waals surface area contributed by atoms with Gasteiger partial charge in [0.1, 0.15) is 36.3 Å². The van der Waals surface area contributed by atoms with Crippen molar-refractivity contribution in [3.8, 4) is 11.5 Å². The average molecular weight is 772 g/mol. The molecular formula is C33H31F6N5O8S. The molecule has 0 radical (unpaired) electrons. The minimum absolute atomic E-state index is 0.117. The SMILES string of the molecule is Cc1ccc(S(=O)(=O)N(CCOc2cccc3nc(N)ccc23)CCOc2cccc3nc(N)ccc23)cc1.O=C(O)C(F)(F)F.O=C(O)C(F)(F)F. The van der Waals surface area contributed by atoms with Crippen LogP contribution in [0.4, 0.5) is 38.0 Å². The third kappa shape index (κ3) is 12.1. The summed E-state index contributed by atoms with van der Waals surface area (Å²) in [6.07, 6.45) is -10.2. The quantitative estimate of drug-likeness (QED) is 0.127. The lowest BCUT2D eigenvalue weighted by molar-refractivity contribution is -0.193. The van der Waals surface area contributed by atoms with Crippen LogP contribution < -0.4 is 20.9 Å². The van der Waals surface area contributed by atoms with Crippen molar-refractivity contribution in [1.29, 1.82) is 0 Å². The van der Waals surface area contributed by atoms with Gasteiger partial charge in [-0.2, -0.15) is 30.6 Å². The molecule has 3 aromatic carbocycles. The zero-order valence-electron chi connectivity index (χ0n) is 27.4. The Morgan fingerprint density at radius 1 is 0.679 bits per heavy atom. The highest BCUT2D eigenvalue weighted by molar-refractivity contribution is 7.89. The number of aryl methyl sites for hydroxylation is 1. The Hall–Kier alpha value is -5.89. The molecule has 0 aliphatic carbocycles. The topological polar surface area (TPSA) is 208 Å². The summed E-state index contributed by atoms with van der Waals surface area (Å²) in [6.45, 7) is 2.41. The number of alkyl halides is 6. The number of nitrogens with two attached hydrogens (primary N) is 2. The third-order valence-corrected chi connectivity index (χ3v) is 8.68. The number of nitrogen functional groups attached to an aromatic ring is 2. The zero-order valence-corrected chi connectivity index (χ0v) is 28.2. The zero-order chi connectivity index (χ0) is 39.6. The van der Waals surface area contributed by atoms with Gasteiger partial charge in [-0.05, 0) is 67.6 Å². The summed E-state index contributed by atoms with van der Waals surface area (Å²) in [6, 6.07) is 24.9. The number of fused-ring (bicyclic) bond motifs is 2. The summed E-state index contributed by atoms with van der Waals surface area (Å²) in [4.78, 5) is 26.7. The summed E-state index contributed by atoms with van der Waals surface area (Å²) in [5.41, 5.74) is 14.0. The molecule has 13 nitrogen and oxygen atoms in total. The normalized spacial score (nSPS) is 11.6. The third-order valence-electron chi connectivity index (χ3n) is 6.77. The van der Waals surface area contributed by atoms with Crippen LogP contribution in [0.1, 0.15) is 5.56 Å². The summed E-state index contributed by atoms with van der Waals surface area (Å²) in [5, 5.41) is 15.8. The van der Waals surface area contributed by atoms with E-state index in [0.29, 0.717) is 34.2 Å². The summed E-state index contributed by atoms with van der Waals surface area (Å²) < 4.78 is 104. The number of ether oxygens (including phenoxy) is 2. The Labute approximate surface area is 297 Å². The van der Waals surface area contributed by atoms with Crippen LogP contribution in [0.2, 0.25) is 0 Å². The van der Waals surface area contributed by atoms with Crippen molar-refractivity contribution in [2.75, 3.05) is 37.8 Å². The number of hydrogen-bond donors (Lipinski definition) is 4. The van der Waals surface area contributed by atoms with Crippen LogP contribution in [0.3, 0.4) is 0 Å². The fraction of sp³-hybridized carbons (Fsp3) is 0.212. The van der Waals surface area contributed by atoms with E-state index in [-0.39, 0.29) is 31.2 Å². The van der Waals surface area contributed by atoms with E-state index in [1.54, 1.807) is 36.4 Å². The van der Waals surface area contributed by atoms with Crippen molar-refractivity contribution >= 4 is 55.4 Å². The van der Waals surface area contributed by atoms with Crippen molar-refractivity contribution in [1.82, 2.24) is 14.3 Å². The number of halogens is 6. The Morgan fingerprint density at radius 2 is 1.06 bits per heavy atom. The van der Waals surface area contributed by atoms with Crippen LogP contribution in [0.15, 0.2) is 89.8 Å². The lowest BCUT2D eigenvalue weighted by Gasteiger charge is -2.23. The van der Waals surface area contributed by atoms with Crippen LogP contribution in [0, 0.1) is 6.92 Å². The van der Waals surface area contributed by atoms with Crippen LogP contribution in [0.25, 0.3) is 21.8 Å². The highest BCUT2D eigenvalue weighted by atomic mass is 32.2. The van der Waals surface area contributed by atoms with Crippen molar-refractivity contribution in [2.24, 2.45) is 0 Å². The van der Waals surface area contributed by atoms with Gasteiger partial charge in [0.2, 0.25) is 10.0 Å². The Bertz CT molecular complexity index is 2040. The predicted octanol–water partition coefficient (Wildman–Crippen LogP) is 5.67. The van der Waals surface area contributed by atoms with Gasteiger partial charge in [-0.15, -0.1) is 0 Å². The van der Waals surface area contributed by atoms with Gasteiger partial charge in [0.15, 0.2) is 0 Å². The first-order valence-electron chi connectivity index (χ1n) is 14.9. The van der Waals surface area contributed by atoms with E-state index in [9.17, 15) is 34.8 Å². The fourth-order valence-corrected chi connectivity index (χ4v) is 5.67. The highest BCUT2D eigenvalue weighted by Crippen LogP contribution is 2.27. The van der Waals surface area contributed by atoms with Gasteiger partial charge in [0.25, 0.3) is 0 Å². The number of carbonyl (C=O) groups is 2. The number of aliphatic carboxylic acids is 2. The molecule has 20 heteroatoms. The minimum Gasteiger partial charge on any atom is -0.492 e. The van der Waals surface area contributed by atoms with Gasteiger partial charge in [-0.1, -0.05) is 29.8 Å². The van der Waals surface area contributed by atoms with Crippen LogP contribution in [-0.4, -0.2) is 83.5 Å². The molecule has 0 spiro atoms. The van der Waals surface area contributed by atoms with Gasteiger partial charge < -0.3 is 31.2 Å². The Kier molecular flexibility index (Phi) is 13.8. The van der Waals surface area contributed by atoms with Crippen molar-refractivity contribution in [2.45, 2.75) is 24.2 Å². The van der Waals surface area contributed by atoms with E-state index in [2.05, 4.69) is 9.97 Å². The molecule has 0 amide bonds. The largest absolute Gasteiger partial charge is 0.492 e. The van der Waals surface area contributed by atoms with E-state index in [1.807, 2.05) is 55.5 Å². The maximum atomic E-state index is 13.6. The first-order chi connectivity index (χ1) is 24.7. The number of carboxylic acids is 2. The van der Waals surface area contributed by atoms with Crippen molar-refractivity contribution < 1.29 is 64.0 Å².